The topological polar surface area (TPSA) is 32.8 Å². The summed E-state index contributed by atoms with van der Waals surface area (Å²) in [6.07, 6.45) is 3.59. The van der Waals surface area contributed by atoms with Gasteiger partial charge in [-0.2, -0.15) is 0 Å². The van der Waals surface area contributed by atoms with Crippen LogP contribution in [-0.4, -0.2) is 61.6 Å². The Labute approximate surface area is 145 Å². The number of hydrogen-bond acceptors (Lipinski definition) is 3. The van der Waals surface area contributed by atoms with Crippen LogP contribution in [0.2, 0.25) is 0 Å². The van der Waals surface area contributed by atoms with Gasteiger partial charge in [0.1, 0.15) is 0 Å². The fraction of sp³-hybridized carbons (Fsp3) is 0.650. The molecule has 1 aromatic rings. The van der Waals surface area contributed by atoms with Crippen LogP contribution in [0, 0.1) is 5.92 Å². The van der Waals surface area contributed by atoms with Gasteiger partial charge in [0.25, 0.3) is 0 Å². The van der Waals surface area contributed by atoms with Gasteiger partial charge in [-0.05, 0) is 44.8 Å². The van der Waals surface area contributed by atoms with E-state index >= 15 is 0 Å². The number of carbonyl (C=O) groups excluding carboxylic acids is 1. The van der Waals surface area contributed by atoms with Gasteiger partial charge in [-0.1, -0.05) is 30.3 Å². The number of amides is 1. The molecular formula is C20H30N2O2. The Balaban J connectivity index is 1.67. The molecule has 2 aliphatic rings. The zero-order valence-electron chi connectivity index (χ0n) is 14.8. The van der Waals surface area contributed by atoms with E-state index in [1.54, 1.807) is 0 Å². The van der Waals surface area contributed by atoms with Gasteiger partial charge in [0.15, 0.2) is 0 Å². The molecule has 132 valence electrons. The van der Waals surface area contributed by atoms with Crippen LogP contribution in [0.5, 0.6) is 0 Å². The predicted octanol–water partition coefficient (Wildman–Crippen LogP) is 2.75. The van der Waals surface area contributed by atoms with Crippen molar-refractivity contribution in [1.82, 2.24) is 9.80 Å². The first-order valence-electron chi connectivity index (χ1n) is 9.41. The second kappa shape index (κ2) is 8.63. The Morgan fingerprint density at radius 3 is 2.67 bits per heavy atom. The number of benzene rings is 1. The van der Waals surface area contributed by atoms with Gasteiger partial charge in [-0.15, -0.1) is 0 Å². The monoisotopic (exact) mass is 330 g/mol. The number of carbonyl (C=O) groups is 1. The van der Waals surface area contributed by atoms with E-state index in [2.05, 4.69) is 21.9 Å². The van der Waals surface area contributed by atoms with Crippen LogP contribution < -0.4 is 0 Å². The first-order chi connectivity index (χ1) is 11.8. The van der Waals surface area contributed by atoms with E-state index in [4.69, 9.17) is 4.74 Å². The first kappa shape index (κ1) is 17.4. The quantitative estimate of drug-likeness (QED) is 0.771. The molecule has 4 nitrogen and oxygen atoms in total. The lowest BCUT2D eigenvalue weighted by Gasteiger charge is -2.27. The fourth-order valence-electron chi connectivity index (χ4n) is 3.91. The average Bonchev–Trinajstić information content (AvgIpc) is 3.30. The minimum absolute atomic E-state index is 0.0323. The lowest BCUT2D eigenvalue weighted by atomic mass is 9.97. The molecule has 0 saturated carbocycles. The Hall–Kier alpha value is -1.39. The summed E-state index contributed by atoms with van der Waals surface area (Å²) in [6.45, 7) is 8.40. The van der Waals surface area contributed by atoms with Crippen molar-refractivity contribution in [3.63, 3.8) is 0 Å². The van der Waals surface area contributed by atoms with Crippen molar-refractivity contribution in [2.75, 3.05) is 45.9 Å². The molecule has 0 spiro atoms. The molecule has 0 bridgehead atoms. The zero-order valence-corrected chi connectivity index (χ0v) is 14.8. The third-order valence-corrected chi connectivity index (χ3v) is 5.29. The minimum atomic E-state index is -0.0323. The number of nitrogens with zero attached hydrogens (tertiary/aromatic N) is 2. The lowest BCUT2D eigenvalue weighted by Crippen LogP contribution is -2.39. The fourth-order valence-corrected chi connectivity index (χ4v) is 3.91. The summed E-state index contributed by atoms with van der Waals surface area (Å²) in [7, 11) is 0. The normalized spacial score (nSPS) is 22.9. The van der Waals surface area contributed by atoms with E-state index in [1.807, 2.05) is 25.1 Å². The smallest absolute Gasteiger partial charge is 0.231 e. The summed E-state index contributed by atoms with van der Waals surface area (Å²) in [5.74, 6) is 0.763. The van der Waals surface area contributed by atoms with Crippen molar-refractivity contribution in [3.8, 4) is 0 Å². The van der Waals surface area contributed by atoms with Crippen molar-refractivity contribution in [3.05, 3.63) is 35.9 Å². The Bertz CT molecular complexity index is 514. The lowest BCUT2D eigenvalue weighted by molar-refractivity contribution is -0.132. The summed E-state index contributed by atoms with van der Waals surface area (Å²) >= 11 is 0. The molecule has 2 fully saturated rings. The number of hydrogen-bond donors (Lipinski definition) is 0. The predicted molar refractivity (Wildman–Crippen MR) is 96.0 cm³/mol. The molecule has 0 N–H and O–H groups in total. The molecule has 0 unspecified atom stereocenters. The van der Waals surface area contributed by atoms with Gasteiger partial charge in [-0.25, -0.2) is 0 Å². The maximum Gasteiger partial charge on any atom is 0.231 e. The molecule has 0 aliphatic carbocycles. The SMILES string of the molecule is CCOC[C@@H]1CCN(C(=O)[C@H](CN2CCCC2)c2ccccc2)C1. The van der Waals surface area contributed by atoms with E-state index < -0.39 is 0 Å². The summed E-state index contributed by atoms with van der Waals surface area (Å²) < 4.78 is 5.55. The molecule has 0 radical (unpaired) electrons. The van der Waals surface area contributed by atoms with Crippen LogP contribution in [0.15, 0.2) is 30.3 Å². The molecule has 0 aromatic heterocycles. The van der Waals surface area contributed by atoms with E-state index in [-0.39, 0.29) is 5.92 Å². The van der Waals surface area contributed by atoms with Gasteiger partial charge in [0, 0.05) is 32.2 Å². The van der Waals surface area contributed by atoms with Crippen molar-refractivity contribution in [1.29, 1.82) is 0 Å². The van der Waals surface area contributed by atoms with E-state index in [9.17, 15) is 4.79 Å². The summed E-state index contributed by atoms with van der Waals surface area (Å²) in [5.41, 5.74) is 1.16. The Morgan fingerprint density at radius 1 is 1.21 bits per heavy atom. The number of likely N-dealkylation sites (tertiary alicyclic amines) is 2. The van der Waals surface area contributed by atoms with Crippen LogP contribution >= 0.6 is 0 Å². The molecule has 2 atom stereocenters. The molecule has 2 saturated heterocycles. The van der Waals surface area contributed by atoms with Gasteiger partial charge < -0.3 is 14.5 Å². The zero-order chi connectivity index (χ0) is 16.8. The van der Waals surface area contributed by atoms with Crippen LogP contribution in [0.1, 0.15) is 37.7 Å². The Morgan fingerprint density at radius 2 is 1.96 bits per heavy atom. The molecule has 24 heavy (non-hydrogen) atoms. The van der Waals surface area contributed by atoms with Crippen LogP contribution in [0.4, 0.5) is 0 Å². The highest BCUT2D eigenvalue weighted by Gasteiger charge is 2.33. The molecular weight excluding hydrogens is 300 g/mol. The third-order valence-electron chi connectivity index (χ3n) is 5.29. The van der Waals surface area contributed by atoms with Crippen molar-refractivity contribution >= 4 is 5.91 Å². The van der Waals surface area contributed by atoms with Gasteiger partial charge in [0.05, 0.1) is 12.5 Å². The van der Waals surface area contributed by atoms with Crippen molar-refractivity contribution in [2.24, 2.45) is 5.92 Å². The van der Waals surface area contributed by atoms with E-state index in [0.717, 1.165) is 57.9 Å². The Kier molecular flexibility index (Phi) is 6.27. The molecule has 4 heteroatoms. The van der Waals surface area contributed by atoms with Gasteiger partial charge >= 0.3 is 0 Å². The summed E-state index contributed by atoms with van der Waals surface area (Å²) in [5, 5.41) is 0. The summed E-state index contributed by atoms with van der Waals surface area (Å²) in [4.78, 5) is 17.7. The molecule has 2 aliphatic heterocycles. The van der Waals surface area contributed by atoms with Gasteiger partial charge in [-0.3, -0.25) is 4.79 Å². The van der Waals surface area contributed by atoms with Gasteiger partial charge in [0.2, 0.25) is 5.91 Å². The largest absolute Gasteiger partial charge is 0.381 e. The third kappa shape index (κ3) is 4.37. The molecule has 3 rings (SSSR count). The highest BCUT2D eigenvalue weighted by molar-refractivity contribution is 5.84. The minimum Gasteiger partial charge on any atom is -0.381 e. The molecule has 2 heterocycles. The highest BCUT2D eigenvalue weighted by Crippen LogP contribution is 2.26. The second-order valence-corrected chi connectivity index (χ2v) is 7.07. The maximum atomic E-state index is 13.2. The average molecular weight is 330 g/mol. The summed E-state index contributed by atoms with van der Waals surface area (Å²) in [6, 6.07) is 10.3. The van der Waals surface area contributed by atoms with Crippen LogP contribution in [-0.2, 0) is 9.53 Å². The van der Waals surface area contributed by atoms with Crippen LogP contribution in [0.25, 0.3) is 0 Å². The highest BCUT2D eigenvalue weighted by atomic mass is 16.5. The first-order valence-corrected chi connectivity index (χ1v) is 9.41. The van der Waals surface area contributed by atoms with Crippen LogP contribution in [0.3, 0.4) is 0 Å². The second-order valence-electron chi connectivity index (χ2n) is 7.07. The van der Waals surface area contributed by atoms with Crippen molar-refractivity contribution in [2.45, 2.75) is 32.1 Å². The maximum absolute atomic E-state index is 13.2. The van der Waals surface area contributed by atoms with E-state index in [1.165, 1.54) is 12.8 Å². The van der Waals surface area contributed by atoms with Crippen molar-refractivity contribution < 1.29 is 9.53 Å². The number of rotatable bonds is 7. The number of ether oxygens (including phenoxy) is 1. The molecule has 1 amide bonds. The standard InChI is InChI=1S/C20H30N2O2/c1-2-24-16-17-10-13-22(14-17)20(23)19(15-21-11-6-7-12-21)18-8-4-3-5-9-18/h3-5,8-9,17,19H,2,6-7,10-16H2,1H3/t17-,19-/m1/s1. The van der Waals surface area contributed by atoms with E-state index in [0.29, 0.717) is 11.8 Å². The molecule has 1 aromatic carbocycles.